The highest BCUT2D eigenvalue weighted by Crippen LogP contribution is 2.32. The largest absolute Gasteiger partial charge is 0.469 e. The van der Waals surface area contributed by atoms with E-state index < -0.39 is 0 Å². The van der Waals surface area contributed by atoms with E-state index in [1.807, 2.05) is 4.90 Å². The zero-order valence-corrected chi connectivity index (χ0v) is 13.2. The summed E-state index contributed by atoms with van der Waals surface area (Å²) >= 11 is 0. The van der Waals surface area contributed by atoms with E-state index in [1.165, 1.54) is 23.8 Å². The quantitative estimate of drug-likeness (QED) is 0.804. The van der Waals surface area contributed by atoms with E-state index in [2.05, 4.69) is 37.6 Å². The molecule has 0 N–H and O–H groups in total. The van der Waals surface area contributed by atoms with Crippen molar-refractivity contribution in [3.05, 3.63) is 28.8 Å². The zero-order valence-electron chi connectivity index (χ0n) is 13.2. The van der Waals surface area contributed by atoms with Crippen molar-refractivity contribution in [2.75, 3.05) is 18.6 Å². The maximum atomic E-state index is 12.4. The lowest BCUT2D eigenvalue weighted by atomic mass is 9.91. The van der Waals surface area contributed by atoms with Crippen LogP contribution in [0.1, 0.15) is 36.5 Å². The highest BCUT2D eigenvalue weighted by molar-refractivity contribution is 5.96. The summed E-state index contributed by atoms with van der Waals surface area (Å²) in [5.41, 5.74) is 4.67. The van der Waals surface area contributed by atoms with E-state index in [1.54, 1.807) is 0 Å². The molecule has 1 amide bonds. The van der Waals surface area contributed by atoms with Gasteiger partial charge in [0, 0.05) is 18.7 Å². The molecule has 1 aliphatic rings. The van der Waals surface area contributed by atoms with Gasteiger partial charge in [0.15, 0.2) is 0 Å². The molecule has 0 aliphatic carbocycles. The van der Waals surface area contributed by atoms with Crippen molar-refractivity contribution in [2.24, 2.45) is 5.92 Å². The molecule has 0 bridgehead atoms. The van der Waals surface area contributed by atoms with Crippen molar-refractivity contribution in [3.8, 4) is 0 Å². The number of ether oxygens (including phenoxy) is 1. The third-order valence-corrected chi connectivity index (χ3v) is 4.12. The van der Waals surface area contributed by atoms with Crippen LogP contribution in [0, 0.1) is 19.8 Å². The number of amides is 1. The number of hydrogen-bond donors (Lipinski definition) is 0. The molecule has 4 nitrogen and oxygen atoms in total. The first-order valence-electron chi connectivity index (χ1n) is 7.39. The fraction of sp³-hybridized carbons (Fsp3) is 0.529. The molecule has 21 heavy (non-hydrogen) atoms. The number of hydrogen-bond acceptors (Lipinski definition) is 3. The van der Waals surface area contributed by atoms with Gasteiger partial charge in [0.25, 0.3) is 0 Å². The number of carbonyl (C=O) groups is 2. The summed E-state index contributed by atoms with van der Waals surface area (Å²) in [6.07, 6.45) is 1.34. The number of methoxy groups -OCH3 is 1. The van der Waals surface area contributed by atoms with Gasteiger partial charge in [0.1, 0.15) is 0 Å². The highest BCUT2D eigenvalue weighted by Gasteiger charge is 2.27. The van der Waals surface area contributed by atoms with E-state index >= 15 is 0 Å². The normalized spacial score (nSPS) is 17.3. The Bertz CT molecular complexity index is 565. The van der Waals surface area contributed by atoms with Crippen LogP contribution in [0.2, 0.25) is 0 Å². The summed E-state index contributed by atoms with van der Waals surface area (Å²) in [5, 5.41) is 0. The molecule has 1 aliphatic heterocycles. The first-order chi connectivity index (χ1) is 9.92. The molecule has 114 valence electrons. The monoisotopic (exact) mass is 289 g/mol. The first kappa shape index (κ1) is 15.5. The van der Waals surface area contributed by atoms with Crippen molar-refractivity contribution in [2.45, 2.75) is 40.0 Å². The molecule has 1 aromatic rings. The van der Waals surface area contributed by atoms with Gasteiger partial charge >= 0.3 is 5.97 Å². The van der Waals surface area contributed by atoms with E-state index in [4.69, 9.17) is 0 Å². The second-order valence-corrected chi connectivity index (χ2v) is 5.95. The van der Waals surface area contributed by atoms with E-state index in [0.29, 0.717) is 5.92 Å². The molecule has 0 saturated heterocycles. The Kier molecular flexibility index (Phi) is 4.66. The van der Waals surface area contributed by atoms with Crippen LogP contribution in [-0.2, 0) is 20.7 Å². The van der Waals surface area contributed by atoms with Gasteiger partial charge in [-0.05, 0) is 48.9 Å². The predicted molar refractivity (Wildman–Crippen MR) is 82.4 cm³/mol. The lowest BCUT2D eigenvalue weighted by Gasteiger charge is -2.34. The SMILES string of the molecule is COC(=O)CCC(=O)N1CC(C)Cc2cc(C)c(C)cc21. The van der Waals surface area contributed by atoms with Gasteiger partial charge in [-0.2, -0.15) is 0 Å². The third-order valence-electron chi connectivity index (χ3n) is 4.12. The number of carbonyl (C=O) groups excluding carboxylic acids is 2. The summed E-state index contributed by atoms with van der Waals surface area (Å²) in [5.74, 6) is 0.0897. The van der Waals surface area contributed by atoms with Gasteiger partial charge in [0.2, 0.25) is 5.91 Å². The molecular weight excluding hydrogens is 266 g/mol. The summed E-state index contributed by atoms with van der Waals surface area (Å²) in [4.78, 5) is 25.5. The lowest BCUT2D eigenvalue weighted by molar-refractivity contribution is -0.141. The second kappa shape index (κ2) is 6.29. The second-order valence-electron chi connectivity index (χ2n) is 5.95. The van der Waals surface area contributed by atoms with Crippen LogP contribution in [0.4, 0.5) is 5.69 Å². The van der Waals surface area contributed by atoms with E-state index in [9.17, 15) is 9.59 Å². The molecule has 0 saturated carbocycles. The van der Waals surface area contributed by atoms with Gasteiger partial charge in [-0.1, -0.05) is 13.0 Å². The maximum absolute atomic E-state index is 12.4. The molecule has 1 unspecified atom stereocenters. The number of fused-ring (bicyclic) bond motifs is 1. The first-order valence-corrected chi connectivity index (χ1v) is 7.39. The van der Waals surface area contributed by atoms with Crippen LogP contribution in [0.15, 0.2) is 12.1 Å². The predicted octanol–water partition coefficient (Wildman–Crippen LogP) is 2.78. The Morgan fingerprint density at radius 2 is 1.90 bits per heavy atom. The Morgan fingerprint density at radius 1 is 1.24 bits per heavy atom. The highest BCUT2D eigenvalue weighted by atomic mass is 16.5. The van der Waals surface area contributed by atoms with Crippen molar-refractivity contribution >= 4 is 17.6 Å². The number of benzene rings is 1. The average Bonchev–Trinajstić information content (AvgIpc) is 2.45. The van der Waals surface area contributed by atoms with Gasteiger partial charge in [-0.3, -0.25) is 9.59 Å². The maximum Gasteiger partial charge on any atom is 0.306 e. The fourth-order valence-electron chi connectivity index (χ4n) is 2.81. The molecular formula is C17H23NO3. The topological polar surface area (TPSA) is 46.6 Å². The lowest BCUT2D eigenvalue weighted by Crippen LogP contribution is -2.39. The van der Waals surface area contributed by atoms with E-state index in [0.717, 1.165) is 18.7 Å². The standard InChI is InChI=1S/C17H23NO3/c1-11-7-14-8-12(2)13(3)9-15(14)18(10-11)16(19)5-6-17(20)21-4/h8-9,11H,5-7,10H2,1-4H3. The van der Waals surface area contributed by atoms with Crippen LogP contribution >= 0.6 is 0 Å². The number of rotatable bonds is 3. The number of esters is 1. The fourth-order valence-corrected chi connectivity index (χ4v) is 2.81. The molecule has 0 fully saturated rings. The van der Waals surface area contributed by atoms with Gasteiger partial charge < -0.3 is 9.64 Å². The third kappa shape index (κ3) is 3.43. The van der Waals surface area contributed by atoms with Gasteiger partial charge in [-0.25, -0.2) is 0 Å². The minimum absolute atomic E-state index is 0.00328. The molecule has 0 radical (unpaired) electrons. The summed E-state index contributed by atoms with van der Waals surface area (Å²) < 4.78 is 4.60. The minimum Gasteiger partial charge on any atom is -0.469 e. The Labute approximate surface area is 126 Å². The van der Waals surface area contributed by atoms with Crippen LogP contribution < -0.4 is 4.90 Å². The summed E-state index contributed by atoms with van der Waals surface area (Å²) in [6, 6.07) is 4.27. The van der Waals surface area contributed by atoms with Crippen molar-refractivity contribution in [3.63, 3.8) is 0 Å². The number of aryl methyl sites for hydroxylation is 2. The number of anilines is 1. The molecule has 0 aromatic heterocycles. The molecule has 1 aromatic carbocycles. The summed E-state index contributed by atoms with van der Waals surface area (Å²) in [7, 11) is 1.34. The molecule has 0 spiro atoms. The van der Waals surface area contributed by atoms with Crippen LogP contribution in [0.3, 0.4) is 0 Å². The van der Waals surface area contributed by atoms with Gasteiger partial charge in [-0.15, -0.1) is 0 Å². The minimum atomic E-state index is -0.339. The van der Waals surface area contributed by atoms with Crippen LogP contribution in [0.25, 0.3) is 0 Å². The van der Waals surface area contributed by atoms with Crippen molar-refractivity contribution < 1.29 is 14.3 Å². The number of nitrogens with zero attached hydrogens (tertiary/aromatic N) is 1. The van der Waals surface area contributed by atoms with Crippen LogP contribution in [-0.4, -0.2) is 25.5 Å². The van der Waals surface area contributed by atoms with Crippen LogP contribution in [0.5, 0.6) is 0 Å². The Morgan fingerprint density at radius 3 is 2.57 bits per heavy atom. The van der Waals surface area contributed by atoms with Gasteiger partial charge in [0.05, 0.1) is 13.5 Å². The zero-order chi connectivity index (χ0) is 15.6. The molecule has 1 atom stereocenters. The molecule has 4 heteroatoms. The smallest absolute Gasteiger partial charge is 0.306 e. The Balaban J connectivity index is 2.23. The molecule has 2 rings (SSSR count). The van der Waals surface area contributed by atoms with Crippen molar-refractivity contribution in [1.82, 2.24) is 0 Å². The van der Waals surface area contributed by atoms with E-state index in [-0.39, 0.29) is 24.7 Å². The molecule has 1 heterocycles. The average molecular weight is 289 g/mol. The summed E-state index contributed by atoms with van der Waals surface area (Å²) in [6.45, 7) is 7.03. The Hall–Kier alpha value is -1.84. The van der Waals surface area contributed by atoms with Crippen molar-refractivity contribution in [1.29, 1.82) is 0 Å².